The molecule has 5 nitrogen and oxygen atoms in total. The van der Waals surface area contributed by atoms with Crippen LogP contribution < -0.4 is 5.73 Å². The van der Waals surface area contributed by atoms with Crippen LogP contribution in [0.5, 0.6) is 0 Å². The van der Waals surface area contributed by atoms with Crippen LogP contribution in [0.4, 0.5) is 5.69 Å². The third-order valence-electron chi connectivity index (χ3n) is 6.06. The number of nitrogens with one attached hydrogen (secondary N) is 1. The van der Waals surface area contributed by atoms with Gasteiger partial charge in [0, 0.05) is 18.8 Å². The number of hydrogen-bond donors (Lipinski definition) is 2. The second-order valence-electron chi connectivity index (χ2n) is 8.41. The fourth-order valence-corrected chi connectivity index (χ4v) is 4.31. The summed E-state index contributed by atoms with van der Waals surface area (Å²) in [6, 6.07) is 24.6. The zero-order valence-electron chi connectivity index (χ0n) is 17.8. The van der Waals surface area contributed by atoms with E-state index in [1.165, 1.54) is 0 Å². The number of imidazole rings is 1. The van der Waals surface area contributed by atoms with Crippen LogP contribution >= 0.6 is 0 Å². The summed E-state index contributed by atoms with van der Waals surface area (Å²) >= 11 is 0. The van der Waals surface area contributed by atoms with E-state index in [0.717, 1.165) is 65.2 Å². The summed E-state index contributed by atoms with van der Waals surface area (Å²) in [5, 5.41) is 0. The van der Waals surface area contributed by atoms with Crippen LogP contribution in [0.3, 0.4) is 0 Å². The molecular weight excluding hydrogens is 384 g/mol. The number of H-pyrrole nitrogens is 1. The number of ether oxygens (including phenoxy) is 1. The van der Waals surface area contributed by atoms with Crippen LogP contribution in [0.25, 0.3) is 22.2 Å². The summed E-state index contributed by atoms with van der Waals surface area (Å²) in [4.78, 5) is 10.7. The molecule has 31 heavy (non-hydrogen) atoms. The van der Waals surface area contributed by atoms with Crippen LogP contribution in [0.15, 0.2) is 72.8 Å². The third-order valence-corrected chi connectivity index (χ3v) is 6.06. The van der Waals surface area contributed by atoms with E-state index in [-0.39, 0.29) is 12.2 Å². The van der Waals surface area contributed by atoms with Gasteiger partial charge in [-0.1, -0.05) is 42.5 Å². The van der Waals surface area contributed by atoms with Crippen LogP contribution in [-0.4, -0.2) is 41.1 Å². The molecule has 3 aromatic carbocycles. The first-order valence-corrected chi connectivity index (χ1v) is 10.9. The highest BCUT2D eigenvalue weighted by Crippen LogP contribution is 2.32. The lowest BCUT2D eigenvalue weighted by molar-refractivity contribution is -0.0264. The van der Waals surface area contributed by atoms with Gasteiger partial charge in [-0.3, -0.25) is 0 Å². The van der Waals surface area contributed by atoms with Gasteiger partial charge >= 0.3 is 0 Å². The van der Waals surface area contributed by atoms with Gasteiger partial charge in [-0.2, -0.15) is 0 Å². The SMILES string of the molecule is CN1CCC(OC(c2cccc(-c3cccc(N)c3)c2)c2nc3ccccc3[nH]2)CC1. The molecule has 1 fully saturated rings. The van der Waals surface area contributed by atoms with Gasteiger partial charge in [0.05, 0.1) is 17.1 Å². The number of hydrogen-bond acceptors (Lipinski definition) is 4. The normalized spacial score (nSPS) is 16.5. The number of aromatic amines is 1. The van der Waals surface area contributed by atoms with Gasteiger partial charge in [-0.15, -0.1) is 0 Å². The van der Waals surface area contributed by atoms with E-state index in [2.05, 4.69) is 53.3 Å². The molecule has 0 spiro atoms. The zero-order chi connectivity index (χ0) is 21.2. The highest BCUT2D eigenvalue weighted by molar-refractivity contribution is 5.75. The van der Waals surface area contributed by atoms with E-state index in [1.807, 2.05) is 36.4 Å². The molecule has 5 heteroatoms. The van der Waals surface area contributed by atoms with Crippen molar-refractivity contribution < 1.29 is 4.74 Å². The van der Waals surface area contributed by atoms with E-state index in [1.54, 1.807) is 0 Å². The van der Waals surface area contributed by atoms with Crippen molar-refractivity contribution in [1.29, 1.82) is 0 Å². The van der Waals surface area contributed by atoms with E-state index in [0.29, 0.717) is 0 Å². The molecule has 0 amide bonds. The van der Waals surface area contributed by atoms with Crippen LogP contribution in [0, 0.1) is 0 Å². The van der Waals surface area contributed by atoms with E-state index >= 15 is 0 Å². The van der Waals surface area contributed by atoms with Gasteiger partial charge in [-0.25, -0.2) is 4.98 Å². The number of nitrogen functional groups attached to an aromatic ring is 1. The summed E-state index contributed by atoms with van der Waals surface area (Å²) in [6.07, 6.45) is 2.02. The number of anilines is 1. The molecule has 0 aliphatic carbocycles. The topological polar surface area (TPSA) is 67.2 Å². The van der Waals surface area contributed by atoms with Crippen molar-refractivity contribution in [1.82, 2.24) is 14.9 Å². The maximum absolute atomic E-state index is 6.71. The Balaban J connectivity index is 1.52. The van der Waals surface area contributed by atoms with E-state index < -0.39 is 0 Å². The number of nitrogens with zero attached hydrogens (tertiary/aromatic N) is 2. The smallest absolute Gasteiger partial charge is 0.141 e. The van der Waals surface area contributed by atoms with Crippen molar-refractivity contribution >= 4 is 16.7 Å². The molecule has 158 valence electrons. The molecule has 4 aromatic rings. The number of para-hydroxylation sites is 2. The average molecular weight is 413 g/mol. The Kier molecular flexibility index (Phi) is 5.45. The Hall–Kier alpha value is -3.15. The first-order chi connectivity index (χ1) is 15.2. The number of nitrogens with two attached hydrogens (primary N) is 1. The lowest BCUT2D eigenvalue weighted by Gasteiger charge is -2.31. The molecule has 5 rings (SSSR count). The lowest BCUT2D eigenvalue weighted by Crippen LogP contribution is -2.35. The van der Waals surface area contributed by atoms with Gasteiger partial charge < -0.3 is 20.4 Å². The monoisotopic (exact) mass is 412 g/mol. The summed E-state index contributed by atoms with van der Waals surface area (Å²) < 4.78 is 6.71. The predicted octanol–water partition coefficient (Wildman–Crippen LogP) is 5.01. The van der Waals surface area contributed by atoms with E-state index in [4.69, 9.17) is 15.5 Å². The van der Waals surface area contributed by atoms with Crippen molar-refractivity contribution in [2.24, 2.45) is 0 Å². The van der Waals surface area contributed by atoms with Crippen LogP contribution in [-0.2, 0) is 4.74 Å². The van der Waals surface area contributed by atoms with Crippen molar-refractivity contribution in [3.05, 3.63) is 84.2 Å². The van der Waals surface area contributed by atoms with Gasteiger partial charge in [0.1, 0.15) is 11.9 Å². The summed E-state index contributed by atoms with van der Waals surface area (Å²) in [5.41, 5.74) is 12.1. The molecule has 1 aliphatic heterocycles. The van der Waals surface area contributed by atoms with Crippen molar-refractivity contribution in [3.63, 3.8) is 0 Å². The second-order valence-corrected chi connectivity index (χ2v) is 8.41. The Morgan fingerprint density at radius 3 is 2.48 bits per heavy atom. The minimum Gasteiger partial charge on any atom is -0.399 e. The Morgan fingerprint density at radius 1 is 0.968 bits per heavy atom. The second kappa shape index (κ2) is 8.53. The van der Waals surface area contributed by atoms with Crippen molar-refractivity contribution in [2.75, 3.05) is 25.9 Å². The first-order valence-electron chi connectivity index (χ1n) is 10.9. The Morgan fingerprint density at radius 2 is 1.71 bits per heavy atom. The van der Waals surface area contributed by atoms with Crippen molar-refractivity contribution in [2.45, 2.75) is 25.0 Å². The molecule has 1 atom stereocenters. The zero-order valence-corrected chi connectivity index (χ0v) is 17.8. The molecule has 0 radical (unpaired) electrons. The Labute approximate surface area is 182 Å². The highest BCUT2D eigenvalue weighted by atomic mass is 16.5. The summed E-state index contributed by atoms with van der Waals surface area (Å²) in [7, 11) is 2.17. The molecule has 2 heterocycles. The minimum atomic E-state index is -0.248. The lowest BCUT2D eigenvalue weighted by atomic mass is 9.99. The summed E-state index contributed by atoms with van der Waals surface area (Å²) in [6.45, 7) is 2.11. The molecule has 1 saturated heterocycles. The van der Waals surface area contributed by atoms with Crippen molar-refractivity contribution in [3.8, 4) is 11.1 Å². The number of fused-ring (bicyclic) bond motifs is 1. The van der Waals surface area contributed by atoms with Crippen LogP contribution in [0.2, 0.25) is 0 Å². The fraction of sp³-hybridized carbons (Fsp3) is 0.269. The molecule has 3 N–H and O–H groups in total. The minimum absolute atomic E-state index is 0.213. The maximum atomic E-state index is 6.71. The van der Waals surface area contributed by atoms with Gasteiger partial charge in [0.25, 0.3) is 0 Å². The van der Waals surface area contributed by atoms with E-state index in [9.17, 15) is 0 Å². The first kappa shape index (κ1) is 19.8. The Bertz CT molecular complexity index is 1140. The largest absolute Gasteiger partial charge is 0.399 e. The predicted molar refractivity (Wildman–Crippen MR) is 126 cm³/mol. The van der Waals surface area contributed by atoms with Crippen LogP contribution in [0.1, 0.15) is 30.3 Å². The highest BCUT2D eigenvalue weighted by Gasteiger charge is 2.26. The summed E-state index contributed by atoms with van der Waals surface area (Å²) in [5.74, 6) is 0.852. The number of aromatic nitrogens is 2. The third kappa shape index (κ3) is 4.33. The molecule has 0 saturated carbocycles. The number of benzene rings is 3. The molecule has 1 aliphatic rings. The van der Waals surface area contributed by atoms with Gasteiger partial charge in [0.2, 0.25) is 0 Å². The van der Waals surface area contributed by atoms with Gasteiger partial charge in [-0.05, 0) is 66.9 Å². The number of rotatable bonds is 5. The average Bonchev–Trinajstić information content (AvgIpc) is 3.23. The molecule has 1 aromatic heterocycles. The molecular formula is C26H28N4O. The fourth-order valence-electron chi connectivity index (χ4n) is 4.31. The molecule has 0 bridgehead atoms. The molecule has 1 unspecified atom stereocenters. The quantitative estimate of drug-likeness (QED) is 0.452. The maximum Gasteiger partial charge on any atom is 0.141 e. The standard InChI is InChI=1S/C26H28N4O/c1-30-14-12-22(13-15-30)31-25(26-28-23-10-2-3-11-24(23)29-26)20-8-4-6-18(16-20)19-7-5-9-21(27)17-19/h2-11,16-17,22,25H,12-15,27H2,1H3,(H,28,29). The number of likely N-dealkylation sites (tertiary alicyclic amines) is 1. The number of piperidine rings is 1. The van der Waals surface area contributed by atoms with Gasteiger partial charge in [0.15, 0.2) is 0 Å².